The molecule has 1 rings (SSSR count). The van der Waals surface area contributed by atoms with Gasteiger partial charge in [0.15, 0.2) is 0 Å². The predicted octanol–water partition coefficient (Wildman–Crippen LogP) is 2.69. The van der Waals surface area contributed by atoms with Crippen LogP contribution in [0.4, 0.5) is 0 Å². The number of rotatable bonds is 4. The fourth-order valence-electron chi connectivity index (χ4n) is 2.94. The molecule has 1 saturated carbocycles. The average Bonchev–Trinajstić information content (AvgIpc) is 2.28. The van der Waals surface area contributed by atoms with Crippen LogP contribution < -0.4 is 0 Å². The van der Waals surface area contributed by atoms with Crippen molar-refractivity contribution in [2.45, 2.75) is 32.8 Å². The zero-order chi connectivity index (χ0) is 13.2. The molecule has 1 aliphatic carbocycles. The summed E-state index contributed by atoms with van der Waals surface area (Å²) in [4.78, 5) is 0. The first kappa shape index (κ1) is 14.2. The molecule has 0 aromatic carbocycles. The van der Waals surface area contributed by atoms with Crippen molar-refractivity contribution in [3.63, 3.8) is 0 Å². The molecule has 17 heavy (non-hydrogen) atoms. The van der Waals surface area contributed by atoms with Gasteiger partial charge in [0.25, 0.3) is 0 Å². The summed E-state index contributed by atoms with van der Waals surface area (Å²) >= 11 is 0. The van der Waals surface area contributed by atoms with Crippen molar-refractivity contribution in [2.24, 2.45) is 17.3 Å². The quantitative estimate of drug-likeness (QED) is 0.737. The topological polar surface area (TPSA) is 40.5 Å². The summed E-state index contributed by atoms with van der Waals surface area (Å²) in [6.07, 6.45) is 2.65. The summed E-state index contributed by atoms with van der Waals surface area (Å²) < 4.78 is 0. The Morgan fingerprint density at radius 1 is 1.29 bits per heavy atom. The molecule has 0 bridgehead atoms. The van der Waals surface area contributed by atoms with Gasteiger partial charge in [-0.15, -0.1) is 6.58 Å². The molecule has 0 aromatic heterocycles. The molecule has 0 aromatic rings. The molecule has 1 aliphatic rings. The monoisotopic (exact) mass is 236 g/mol. The molecule has 4 atom stereocenters. The van der Waals surface area contributed by atoms with Crippen LogP contribution in [0.3, 0.4) is 0 Å². The smallest absolute Gasteiger partial charge is 0.0664 e. The summed E-state index contributed by atoms with van der Waals surface area (Å²) in [5, 5.41) is 20.0. The van der Waals surface area contributed by atoms with Gasteiger partial charge in [0.2, 0.25) is 0 Å². The zero-order valence-corrected chi connectivity index (χ0v) is 10.9. The molecular formula is C15H24O2. The summed E-state index contributed by atoms with van der Waals surface area (Å²) in [6, 6.07) is 0. The predicted molar refractivity (Wildman–Crippen MR) is 71.6 cm³/mol. The van der Waals surface area contributed by atoms with Gasteiger partial charge in [-0.2, -0.15) is 0 Å². The van der Waals surface area contributed by atoms with Gasteiger partial charge in [0, 0.05) is 5.41 Å². The van der Waals surface area contributed by atoms with E-state index >= 15 is 0 Å². The van der Waals surface area contributed by atoms with Gasteiger partial charge >= 0.3 is 0 Å². The Balaban J connectivity index is 3.10. The highest BCUT2D eigenvalue weighted by atomic mass is 16.3. The molecule has 96 valence electrons. The Kier molecular flexibility index (Phi) is 4.34. The SMILES string of the molecule is C=C[C@]1(CO)[C@@H](O)C[C@@H](C(=C)C)C[C@H]1C(=C)C. The molecule has 0 saturated heterocycles. The molecule has 0 spiro atoms. The van der Waals surface area contributed by atoms with Crippen LogP contribution in [-0.4, -0.2) is 22.9 Å². The fraction of sp³-hybridized carbons (Fsp3) is 0.600. The third-order valence-electron chi connectivity index (χ3n) is 4.24. The maximum absolute atomic E-state index is 10.3. The number of aliphatic hydroxyl groups is 2. The minimum absolute atomic E-state index is 0.0652. The second kappa shape index (κ2) is 5.19. The van der Waals surface area contributed by atoms with E-state index in [4.69, 9.17) is 0 Å². The minimum Gasteiger partial charge on any atom is -0.395 e. The first-order valence-electron chi connectivity index (χ1n) is 6.12. The Labute approximate surface area is 104 Å². The molecule has 0 heterocycles. The van der Waals surface area contributed by atoms with Crippen molar-refractivity contribution in [1.82, 2.24) is 0 Å². The van der Waals surface area contributed by atoms with Crippen molar-refractivity contribution in [3.8, 4) is 0 Å². The van der Waals surface area contributed by atoms with Gasteiger partial charge < -0.3 is 10.2 Å². The standard InChI is InChI=1S/C15H24O2/c1-6-15(9-16)13(11(4)5)7-12(10(2)3)8-14(15)17/h6,12-14,16-17H,1-2,4,7-9H2,3,5H3/t12-,13-,14-,15+/m0/s1. The molecule has 0 aliphatic heterocycles. The number of hydrogen-bond acceptors (Lipinski definition) is 2. The lowest BCUT2D eigenvalue weighted by Crippen LogP contribution is -2.49. The first-order valence-corrected chi connectivity index (χ1v) is 6.12. The molecule has 1 fully saturated rings. The highest BCUT2D eigenvalue weighted by Gasteiger charge is 2.47. The second-order valence-corrected chi connectivity index (χ2v) is 5.40. The molecule has 0 amide bonds. The zero-order valence-electron chi connectivity index (χ0n) is 10.9. The summed E-state index contributed by atoms with van der Waals surface area (Å²) in [7, 11) is 0. The molecular weight excluding hydrogens is 212 g/mol. The fourth-order valence-corrected chi connectivity index (χ4v) is 2.94. The summed E-state index contributed by atoms with van der Waals surface area (Å²) in [5.74, 6) is 0.363. The Hall–Kier alpha value is -0.860. The van der Waals surface area contributed by atoms with Crippen LogP contribution >= 0.6 is 0 Å². The van der Waals surface area contributed by atoms with Gasteiger partial charge in [-0.05, 0) is 38.5 Å². The largest absolute Gasteiger partial charge is 0.395 e. The molecule has 0 unspecified atom stereocenters. The van der Waals surface area contributed by atoms with Crippen LogP contribution in [0.15, 0.2) is 37.0 Å². The second-order valence-electron chi connectivity index (χ2n) is 5.40. The van der Waals surface area contributed by atoms with Crippen molar-refractivity contribution in [3.05, 3.63) is 37.0 Å². The van der Waals surface area contributed by atoms with E-state index in [1.165, 1.54) is 0 Å². The van der Waals surface area contributed by atoms with E-state index in [0.29, 0.717) is 12.3 Å². The summed E-state index contributed by atoms with van der Waals surface area (Å²) in [5.41, 5.74) is 1.44. The third-order valence-corrected chi connectivity index (χ3v) is 4.24. The highest BCUT2D eigenvalue weighted by molar-refractivity contribution is 5.19. The maximum atomic E-state index is 10.3. The summed E-state index contributed by atoms with van der Waals surface area (Å²) in [6.45, 7) is 15.6. The lowest BCUT2D eigenvalue weighted by atomic mass is 9.59. The third kappa shape index (κ3) is 2.38. The van der Waals surface area contributed by atoms with Crippen LogP contribution in [0.2, 0.25) is 0 Å². The van der Waals surface area contributed by atoms with Crippen LogP contribution in [0.1, 0.15) is 26.7 Å². The molecule has 2 N–H and O–H groups in total. The lowest BCUT2D eigenvalue weighted by Gasteiger charge is -2.48. The van der Waals surface area contributed by atoms with Crippen LogP contribution in [0.5, 0.6) is 0 Å². The minimum atomic E-state index is -0.641. The Morgan fingerprint density at radius 3 is 2.24 bits per heavy atom. The van der Waals surface area contributed by atoms with E-state index in [1.807, 2.05) is 13.8 Å². The van der Waals surface area contributed by atoms with Crippen LogP contribution in [-0.2, 0) is 0 Å². The van der Waals surface area contributed by atoms with E-state index < -0.39 is 11.5 Å². The lowest BCUT2D eigenvalue weighted by molar-refractivity contribution is -0.0548. The molecule has 2 heteroatoms. The normalized spacial score (nSPS) is 37.5. The molecule has 0 radical (unpaired) electrons. The van der Waals surface area contributed by atoms with Crippen molar-refractivity contribution in [1.29, 1.82) is 0 Å². The van der Waals surface area contributed by atoms with Crippen molar-refractivity contribution in [2.75, 3.05) is 6.61 Å². The van der Waals surface area contributed by atoms with Crippen LogP contribution in [0, 0.1) is 17.3 Å². The Bertz CT molecular complexity index is 332. The van der Waals surface area contributed by atoms with Gasteiger partial charge in [-0.3, -0.25) is 0 Å². The van der Waals surface area contributed by atoms with E-state index in [2.05, 4.69) is 19.7 Å². The van der Waals surface area contributed by atoms with Crippen LogP contribution in [0.25, 0.3) is 0 Å². The number of allylic oxidation sites excluding steroid dienone is 2. The van der Waals surface area contributed by atoms with Gasteiger partial charge in [-0.25, -0.2) is 0 Å². The van der Waals surface area contributed by atoms with E-state index in [-0.39, 0.29) is 12.5 Å². The van der Waals surface area contributed by atoms with Gasteiger partial charge in [-0.1, -0.05) is 30.4 Å². The average molecular weight is 236 g/mol. The maximum Gasteiger partial charge on any atom is 0.0664 e. The van der Waals surface area contributed by atoms with E-state index in [0.717, 1.165) is 17.6 Å². The highest BCUT2D eigenvalue weighted by Crippen LogP contribution is 2.48. The van der Waals surface area contributed by atoms with E-state index in [1.54, 1.807) is 6.08 Å². The first-order chi connectivity index (χ1) is 7.89. The Morgan fingerprint density at radius 2 is 1.88 bits per heavy atom. The van der Waals surface area contributed by atoms with Crippen molar-refractivity contribution >= 4 is 0 Å². The van der Waals surface area contributed by atoms with Crippen molar-refractivity contribution < 1.29 is 10.2 Å². The number of hydrogen-bond donors (Lipinski definition) is 2. The molecule has 2 nitrogen and oxygen atoms in total. The number of aliphatic hydroxyl groups excluding tert-OH is 2. The van der Waals surface area contributed by atoms with Gasteiger partial charge in [0.05, 0.1) is 12.7 Å². The van der Waals surface area contributed by atoms with Gasteiger partial charge in [0.1, 0.15) is 0 Å². The van der Waals surface area contributed by atoms with E-state index in [9.17, 15) is 10.2 Å².